The first-order chi connectivity index (χ1) is 10.3. The summed E-state index contributed by atoms with van der Waals surface area (Å²) in [6.45, 7) is 1.84. The van der Waals surface area contributed by atoms with Gasteiger partial charge in [0.15, 0.2) is 0 Å². The lowest BCUT2D eigenvalue weighted by atomic mass is 10.0. The number of hydrogen-bond donors (Lipinski definition) is 2. The van der Waals surface area contributed by atoms with Gasteiger partial charge in [-0.2, -0.15) is 4.31 Å². The smallest absolute Gasteiger partial charge is 0.244 e. The second kappa shape index (κ2) is 6.25. The van der Waals surface area contributed by atoms with Crippen LogP contribution in [0.15, 0.2) is 34.1 Å². The van der Waals surface area contributed by atoms with Gasteiger partial charge in [0.2, 0.25) is 20.0 Å². The number of benzene rings is 1. The molecule has 1 aromatic carbocycles. The maximum Gasteiger partial charge on any atom is 0.244 e. The highest BCUT2D eigenvalue weighted by Crippen LogP contribution is 2.32. The molecule has 1 aliphatic heterocycles. The van der Waals surface area contributed by atoms with E-state index < -0.39 is 26.1 Å². The predicted molar refractivity (Wildman–Crippen MR) is 81.2 cm³/mol. The van der Waals surface area contributed by atoms with Crippen molar-refractivity contribution >= 4 is 20.0 Å². The summed E-state index contributed by atoms with van der Waals surface area (Å²) in [4.78, 5) is -0.550. The van der Waals surface area contributed by atoms with Gasteiger partial charge >= 0.3 is 0 Å². The molecule has 1 aliphatic rings. The zero-order chi connectivity index (χ0) is 16.5. The van der Waals surface area contributed by atoms with Gasteiger partial charge in [-0.05, 0) is 31.5 Å². The highest BCUT2D eigenvalue weighted by atomic mass is 32.2. The summed E-state index contributed by atoms with van der Waals surface area (Å²) in [6.07, 6.45) is 0.630. The van der Waals surface area contributed by atoms with Gasteiger partial charge in [-0.15, -0.1) is 0 Å². The SMILES string of the molecule is CNS(=O)(=O)c1ccccc1S(=O)(=O)N1CC[C@@H](C)[C@H]1CO. The standard InChI is InChI=1S/C13H20N2O5S2/c1-10-7-8-15(11(10)9-16)22(19,20)13-6-4-3-5-12(13)21(17,18)14-2/h3-6,10-11,14,16H,7-9H2,1-2H3/t10-,11-/m1/s1. The van der Waals surface area contributed by atoms with Crippen LogP contribution in [0.2, 0.25) is 0 Å². The van der Waals surface area contributed by atoms with Crippen molar-refractivity contribution in [1.29, 1.82) is 0 Å². The Labute approximate surface area is 131 Å². The average Bonchev–Trinajstić information content (AvgIpc) is 2.88. The fourth-order valence-electron chi connectivity index (χ4n) is 2.66. The summed E-state index contributed by atoms with van der Waals surface area (Å²) in [6, 6.07) is 4.95. The predicted octanol–water partition coefficient (Wildman–Crippen LogP) is -0.0139. The van der Waals surface area contributed by atoms with Crippen LogP contribution in [0.5, 0.6) is 0 Å². The molecule has 0 spiro atoms. The van der Waals surface area contributed by atoms with Crippen LogP contribution in [-0.4, -0.2) is 52.5 Å². The van der Waals surface area contributed by atoms with Crippen molar-refractivity contribution in [2.24, 2.45) is 5.92 Å². The highest BCUT2D eigenvalue weighted by molar-refractivity contribution is 7.92. The molecule has 7 nitrogen and oxygen atoms in total. The molecule has 9 heteroatoms. The van der Waals surface area contributed by atoms with E-state index in [-0.39, 0.29) is 28.9 Å². The summed E-state index contributed by atoms with van der Waals surface area (Å²) in [7, 11) is -6.67. The third-order valence-corrected chi connectivity index (χ3v) is 7.60. The van der Waals surface area contributed by atoms with E-state index in [1.165, 1.54) is 35.6 Å². The maximum absolute atomic E-state index is 12.9. The van der Waals surface area contributed by atoms with Gasteiger partial charge in [0.1, 0.15) is 9.79 Å². The zero-order valence-electron chi connectivity index (χ0n) is 12.4. The van der Waals surface area contributed by atoms with Crippen molar-refractivity contribution in [3.63, 3.8) is 0 Å². The second-order valence-corrected chi connectivity index (χ2v) is 9.00. The topological polar surface area (TPSA) is 104 Å². The Bertz CT molecular complexity index is 745. The van der Waals surface area contributed by atoms with Crippen LogP contribution in [-0.2, 0) is 20.0 Å². The fourth-order valence-corrected chi connectivity index (χ4v) is 5.92. The van der Waals surface area contributed by atoms with Gasteiger partial charge in [0, 0.05) is 6.54 Å². The number of nitrogens with one attached hydrogen (secondary N) is 1. The van der Waals surface area contributed by atoms with Crippen LogP contribution in [0.1, 0.15) is 13.3 Å². The molecule has 1 aromatic rings. The molecule has 0 aromatic heterocycles. The van der Waals surface area contributed by atoms with E-state index in [2.05, 4.69) is 4.72 Å². The van der Waals surface area contributed by atoms with Crippen molar-refractivity contribution in [1.82, 2.24) is 9.03 Å². The minimum absolute atomic E-state index is 0.0212. The zero-order valence-corrected chi connectivity index (χ0v) is 14.1. The Kier molecular flexibility index (Phi) is 4.93. The van der Waals surface area contributed by atoms with E-state index in [0.717, 1.165) is 0 Å². The molecule has 2 N–H and O–H groups in total. The molecule has 1 fully saturated rings. The lowest BCUT2D eigenvalue weighted by Crippen LogP contribution is -2.40. The molecule has 2 atom stereocenters. The normalized spacial score (nSPS) is 23.8. The average molecular weight is 348 g/mol. The first kappa shape index (κ1) is 17.4. The molecular weight excluding hydrogens is 328 g/mol. The van der Waals surface area contributed by atoms with Crippen LogP contribution in [0, 0.1) is 5.92 Å². The van der Waals surface area contributed by atoms with E-state index in [4.69, 9.17) is 0 Å². The van der Waals surface area contributed by atoms with Crippen molar-refractivity contribution in [3.05, 3.63) is 24.3 Å². The van der Waals surface area contributed by atoms with Crippen LogP contribution in [0.25, 0.3) is 0 Å². The van der Waals surface area contributed by atoms with E-state index in [9.17, 15) is 21.9 Å². The molecule has 22 heavy (non-hydrogen) atoms. The summed E-state index contributed by atoms with van der Waals surface area (Å²) in [5.74, 6) is 0.0212. The quantitative estimate of drug-likeness (QED) is 0.779. The third kappa shape index (κ3) is 2.91. The minimum Gasteiger partial charge on any atom is -0.395 e. The molecule has 0 unspecified atom stereocenters. The van der Waals surface area contributed by atoms with E-state index in [1.807, 2.05) is 6.92 Å². The van der Waals surface area contributed by atoms with Gasteiger partial charge < -0.3 is 5.11 Å². The van der Waals surface area contributed by atoms with Crippen LogP contribution >= 0.6 is 0 Å². The highest BCUT2D eigenvalue weighted by Gasteiger charge is 2.40. The Morgan fingerprint density at radius 1 is 1.23 bits per heavy atom. The molecule has 2 rings (SSSR count). The first-order valence-electron chi connectivity index (χ1n) is 6.91. The molecular formula is C13H20N2O5S2. The molecule has 0 amide bonds. The van der Waals surface area contributed by atoms with Gasteiger partial charge in [0.25, 0.3) is 0 Å². The van der Waals surface area contributed by atoms with E-state index in [0.29, 0.717) is 6.42 Å². The Balaban J connectivity index is 2.57. The number of rotatable bonds is 5. The monoisotopic (exact) mass is 348 g/mol. The Morgan fingerprint density at radius 3 is 2.36 bits per heavy atom. The molecule has 124 valence electrons. The Morgan fingerprint density at radius 2 is 1.82 bits per heavy atom. The number of aliphatic hydroxyl groups excluding tert-OH is 1. The fraction of sp³-hybridized carbons (Fsp3) is 0.538. The van der Waals surface area contributed by atoms with E-state index in [1.54, 1.807) is 0 Å². The number of hydrogen-bond acceptors (Lipinski definition) is 5. The maximum atomic E-state index is 12.9. The summed E-state index contributed by atoms with van der Waals surface area (Å²) >= 11 is 0. The van der Waals surface area contributed by atoms with Gasteiger partial charge in [0.05, 0.1) is 12.6 Å². The lowest BCUT2D eigenvalue weighted by Gasteiger charge is -2.25. The van der Waals surface area contributed by atoms with Gasteiger partial charge in [-0.1, -0.05) is 19.1 Å². The number of aliphatic hydroxyl groups is 1. The molecule has 1 heterocycles. The van der Waals surface area contributed by atoms with E-state index >= 15 is 0 Å². The van der Waals surface area contributed by atoms with Gasteiger partial charge in [-0.25, -0.2) is 21.6 Å². The van der Waals surface area contributed by atoms with Crippen molar-refractivity contribution in [3.8, 4) is 0 Å². The summed E-state index contributed by atoms with van der Waals surface area (Å²) in [5, 5.41) is 9.46. The summed E-state index contributed by atoms with van der Waals surface area (Å²) < 4.78 is 53.2. The van der Waals surface area contributed by atoms with Crippen LogP contribution < -0.4 is 4.72 Å². The molecule has 0 saturated carbocycles. The number of sulfonamides is 2. The molecule has 1 saturated heterocycles. The first-order valence-corrected chi connectivity index (χ1v) is 9.83. The minimum atomic E-state index is -4.00. The van der Waals surface area contributed by atoms with Crippen molar-refractivity contribution in [2.45, 2.75) is 29.2 Å². The lowest BCUT2D eigenvalue weighted by molar-refractivity contribution is 0.191. The largest absolute Gasteiger partial charge is 0.395 e. The molecule has 0 aliphatic carbocycles. The van der Waals surface area contributed by atoms with Gasteiger partial charge in [-0.3, -0.25) is 0 Å². The van der Waals surface area contributed by atoms with Crippen LogP contribution in [0.3, 0.4) is 0 Å². The molecule has 0 radical (unpaired) electrons. The second-order valence-electron chi connectivity index (χ2n) is 5.29. The third-order valence-electron chi connectivity index (χ3n) is 4.01. The van der Waals surface area contributed by atoms with Crippen LogP contribution in [0.4, 0.5) is 0 Å². The van der Waals surface area contributed by atoms with Crippen molar-refractivity contribution < 1.29 is 21.9 Å². The number of nitrogens with zero attached hydrogens (tertiary/aromatic N) is 1. The Hall–Kier alpha value is -1.00. The van der Waals surface area contributed by atoms with Crippen molar-refractivity contribution in [2.75, 3.05) is 20.2 Å². The molecule has 0 bridgehead atoms. The summed E-state index contributed by atoms with van der Waals surface area (Å²) in [5.41, 5.74) is 0.